The Hall–Kier alpha value is -0.390. The average molecular weight is 248 g/mol. The maximum Gasteiger partial charge on any atom is 0.203 e. The zero-order valence-corrected chi connectivity index (χ0v) is 10.2. The third kappa shape index (κ3) is 2.59. The third-order valence-corrected chi connectivity index (χ3v) is 3.84. The Balaban J connectivity index is 2.06. The van der Waals surface area contributed by atoms with E-state index in [9.17, 15) is 0 Å². The highest BCUT2D eigenvalue weighted by atomic mass is 35.5. The molecule has 2 heterocycles. The molecule has 0 aromatic carbocycles. The minimum absolute atomic E-state index is 0.0637. The monoisotopic (exact) mass is 247 g/mol. The number of nitrogens with one attached hydrogen (secondary N) is 1. The van der Waals surface area contributed by atoms with E-state index in [4.69, 9.17) is 16.3 Å². The van der Waals surface area contributed by atoms with E-state index in [1.807, 2.05) is 6.92 Å². The van der Waals surface area contributed by atoms with Crippen molar-refractivity contribution in [2.24, 2.45) is 0 Å². The summed E-state index contributed by atoms with van der Waals surface area (Å²) < 4.78 is 9.48. The molecule has 0 atom stereocenters. The van der Waals surface area contributed by atoms with Crippen LogP contribution in [0.1, 0.15) is 18.7 Å². The molecule has 1 fully saturated rings. The molecule has 15 heavy (non-hydrogen) atoms. The van der Waals surface area contributed by atoms with Crippen molar-refractivity contribution in [2.75, 3.05) is 24.4 Å². The molecule has 0 amide bonds. The standard InChI is InChI=1S/C9H14ClN3OS/c1-7-11-8(15-13-7)12-9(6-10)2-4-14-5-3-9/h2-6H2,1H3,(H,11,12,13). The second kappa shape index (κ2) is 4.63. The number of nitrogens with zero attached hydrogens (tertiary/aromatic N) is 2. The largest absolute Gasteiger partial charge is 0.381 e. The van der Waals surface area contributed by atoms with Crippen LogP contribution >= 0.6 is 23.1 Å². The van der Waals surface area contributed by atoms with Gasteiger partial charge in [-0.25, -0.2) is 4.98 Å². The molecule has 2 rings (SSSR count). The molecule has 1 saturated heterocycles. The molecule has 84 valence electrons. The Labute approximate surface area is 98.2 Å². The summed E-state index contributed by atoms with van der Waals surface area (Å²) in [5.74, 6) is 1.38. The Morgan fingerprint density at radius 3 is 2.80 bits per heavy atom. The number of hydrogen-bond donors (Lipinski definition) is 1. The van der Waals surface area contributed by atoms with Gasteiger partial charge in [-0.15, -0.1) is 11.6 Å². The van der Waals surface area contributed by atoms with Gasteiger partial charge in [0.05, 0.1) is 5.54 Å². The van der Waals surface area contributed by atoms with Crippen molar-refractivity contribution in [1.82, 2.24) is 9.36 Å². The summed E-state index contributed by atoms with van der Waals surface area (Å²) in [5.41, 5.74) is -0.0637. The summed E-state index contributed by atoms with van der Waals surface area (Å²) in [6.45, 7) is 3.41. The second-order valence-corrected chi connectivity index (χ2v) is 4.82. The lowest BCUT2D eigenvalue weighted by Crippen LogP contribution is -2.45. The molecule has 6 heteroatoms. The molecule has 0 radical (unpaired) electrons. The molecule has 1 aliphatic heterocycles. The molecule has 0 saturated carbocycles. The molecule has 0 spiro atoms. The quantitative estimate of drug-likeness (QED) is 0.831. The SMILES string of the molecule is Cc1nsc(NC2(CCl)CCOCC2)n1. The number of rotatable bonds is 3. The molecule has 1 aromatic rings. The molecule has 1 N–H and O–H groups in total. The van der Waals surface area contributed by atoms with Gasteiger partial charge in [0, 0.05) is 30.6 Å². The van der Waals surface area contributed by atoms with Crippen LogP contribution in [0.25, 0.3) is 0 Å². The Morgan fingerprint density at radius 1 is 1.53 bits per heavy atom. The predicted octanol–water partition coefficient (Wildman–Crippen LogP) is 2.05. The van der Waals surface area contributed by atoms with E-state index in [0.717, 1.165) is 37.0 Å². The molecule has 1 aliphatic rings. The maximum atomic E-state index is 6.03. The van der Waals surface area contributed by atoms with Crippen LogP contribution in [0.2, 0.25) is 0 Å². The number of ether oxygens (including phenoxy) is 1. The smallest absolute Gasteiger partial charge is 0.203 e. The lowest BCUT2D eigenvalue weighted by Gasteiger charge is -2.35. The van der Waals surface area contributed by atoms with Gasteiger partial charge in [-0.2, -0.15) is 4.37 Å². The molecule has 1 aromatic heterocycles. The highest BCUT2D eigenvalue weighted by molar-refractivity contribution is 7.09. The first-order valence-corrected chi connectivity index (χ1v) is 6.27. The molecular formula is C9H14ClN3OS. The van der Waals surface area contributed by atoms with Gasteiger partial charge in [-0.1, -0.05) is 0 Å². The Bertz CT molecular complexity index is 325. The lowest BCUT2D eigenvalue weighted by atomic mass is 9.93. The van der Waals surface area contributed by atoms with Crippen LogP contribution < -0.4 is 5.32 Å². The summed E-state index contributed by atoms with van der Waals surface area (Å²) in [5, 5.41) is 4.25. The van der Waals surface area contributed by atoms with E-state index in [0.29, 0.717) is 5.88 Å². The molecule has 0 bridgehead atoms. The van der Waals surface area contributed by atoms with Crippen LogP contribution in [-0.4, -0.2) is 34.0 Å². The fraction of sp³-hybridized carbons (Fsp3) is 0.778. The Morgan fingerprint density at radius 2 is 2.27 bits per heavy atom. The van der Waals surface area contributed by atoms with Crippen LogP contribution in [0.15, 0.2) is 0 Å². The normalized spacial score (nSPS) is 20.1. The third-order valence-electron chi connectivity index (χ3n) is 2.61. The second-order valence-electron chi connectivity index (χ2n) is 3.80. The van der Waals surface area contributed by atoms with Crippen molar-refractivity contribution < 1.29 is 4.74 Å². The predicted molar refractivity (Wildman–Crippen MR) is 61.8 cm³/mol. The van der Waals surface area contributed by atoms with Crippen LogP contribution in [0, 0.1) is 6.92 Å². The lowest BCUT2D eigenvalue weighted by molar-refractivity contribution is 0.0668. The van der Waals surface area contributed by atoms with Crippen molar-refractivity contribution in [3.63, 3.8) is 0 Å². The number of aryl methyl sites for hydroxylation is 1. The number of anilines is 1. The van der Waals surface area contributed by atoms with E-state index >= 15 is 0 Å². The highest BCUT2D eigenvalue weighted by Gasteiger charge is 2.32. The molecule has 0 aliphatic carbocycles. The topological polar surface area (TPSA) is 47.0 Å². The van der Waals surface area contributed by atoms with Gasteiger partial charge in [0.25, 0.3) is 0 Å². The van der Waals surface area contributed by atoms with E-state index in [2.05, 4.69) is 14.7 Å². The number of hydrogen-bond acceptors (Lipinski definition) is 5. The minimum atomic E-state index is -0.0637. The highest BCUT2D eigenvalue weighted by Crippen LogP contribution is 2.27. The van der Waals surface area contributed by atoms with Gasteiger partial charge in [-0.3, -0.25) is 0 Å². The van der Waals surface area contributed by atoms with Gasteiger partial charge < -0.3 is 10.1 Å². The summed E-state index contributed by atoms with van der Waals surface area (Å²) in [7, 11) is 0. The Kier molecular flexibility index (Phi) is 3.43. The van der Waals surface area contributed by atoms with Gasteiger partial charge >= 0.3 is 0 Å². The summed E-state index contributed by atoms with van der Waals surface area (Å²) >= 11 is 7.42. The van der Waals surface area contributed by atoms with E-state index in [1.54, 1.807) is 0 Å². The number of aromatic nitrogens is 2. The zero-order valence-electron chi connectivity index (χ0n) is 8.62. The summed E-state index contributed by atoms with van der Waals surface area (Å²) in [6, 6.07) is 0. The number of alkyl halides is 1. The molecular weight excluding hydrogens is 234 g/mol. The summed E-state index contributed by atoms with van der Waals surface area (Å²) in [6.07, 6.45) is 1.85. The van der Waals surface area contributed by atoms with Gasteiger partial charge in [0.15, 0.2) is 0 Å². The van der Waals surface area contributed by atoms with Crippen molar-refractivity contribution in [2.45, 2.75) is 25.3 Å². The van der Waals surface area contributed by atoms with E-state index in [1.165, 1.54) is 11.5 Å². The summed E-state index contributed by atoms with van der Waals surface area (Å²) in [4.78, 5) is 4.29. The van der Waals surface area contributed by atoms with Crippen LogP contribution in [-0.2, 0) is 4.74 Å². The van der Waals surface area contributed by atoms with Gasteiger partial charge in [0.1, 0.15) is 5.82 Å². The first-order chi connectivity index (χ1) is 7.24. The fourth-order valence-corrected chi connectivity index (χ4v) is 2.66. The van der Waals surface area contributed by atoms with Crippen molar-refractivity contribution >= 4 is 28.3 Å². The van der Waals surface area contributed by atoms with Crippen molar-refractivity contribution in [1.29, 1.82) is 0 Å². The first kappa shape index (κ1) is 11.1. The fourth-order valence-electron chi connectivity index (χ4n) is 1.63. The first-order valence-electron chi connectivity index (χ1n) is 4.96. The van der Waals surface area contributed by atoms with E-state index in [-0.39, 0.29) is 5.54 Å². The number of halogens is 1. The van der Waals surface area contributed by atoms with Crippen molar-refractivity contribution in [3.8, 4) is 0 Å². The maximum absolute atomic E-state index is 6.03. The van der Waals surface area contributed by atoms with E-state index < -0.39 is 0 Å². The van der Waals surface area contributed by atoms with Crippen molar-refractivity contribution in [3.05, 3.63) is 5.82 Å². The van der Waals surface area contributed by atoms with Crippen LogP contribution in [0.4, 0.5) is 5.13 Å². The minimum Gasteiger partial charge on any atom is -0.381 e. The van der Waals surface area contributed by atoms with Gasteiger partial charge in [0.2, 0.25) is 5.13 Å². The molecule has 0 unspecified atom stereocenters. The molecule has 4 nitrogen and oxygen atoms in total. The average Bonchev–Trinajstić information content (AvgIpc) is 2.65. The van der Waals surface area contributed by atoms with Gasteiger partial charge in [-0.05, 0) is 19.8 Å². The zero-order chi connectivity index (χ0) is 10.7. The van der Waals surface area contributed by atoms with Crippen LogP contribution in [0.5, 0.6) is 0 Å². The van der Waals surface area contributed by atoms with Crippen LogP contribution in [0.3, 0.4) is 0 Å².